The second-order valence-electron chi connectivity index (χ2n) is 6.11. The summed E-state index contributed by atoms with van der Waals surface area (Å²) < 4.78 is 0. The van der Waals surface area contributed by atoms with Crippen molar-refractivity contribution in [3.8, 4) is 0 Å². The van der Waals surface area contributed by atoms with Gasteiger partial charge < -0.3 is 21.7 Å². The summed E-state index contributed by atoms with van der Waals surface area (Å²) in [6, 6.07) is -0.894. The molecule has 0 aromatic heterocycles. The van der Waals surface area contributed by atoms with Gasteiger partial charge in [0.2, 0.25) is 5.91 Å². The van der Waals surface area contributed by atoms with E-state index in [-0.39, 0.29) is 11.9 Å². The molecule has 1 heterocycles. The Bertz CT molecular complexity index is 374. The topological polar surface area (TPSA) is 101 Å². The van der Waals surface area contributed by atoms with Crippen molar-refractivity contribution in [1.29, 1.82) is 0 Å². The Morgan fingerprint density at radius 1 is 1.35 bits per heavy atom. The highest BCUT2D eigenvalue weighted by molar-refractivity contribution is 5.86. The van der Waals surface area contributed by atoms with E-state index in [9.17, 15) is 9.59 Å². The van der Waals surface area contributed by atoms with Crippen molar-refractivity contribution >= 4 is 11.9 Å². The highest BCUT2D eigenvalue weighted by Crippen LogP contribution is 2.37. The van der Waals surface area contributed by atoms with E-state index in [0.717, 1.165) is 38.8 Å². The summed E-state index contributed by atoms with van der Waals surface area (Å²) in [6.45, 7) is 3.57. The molecule has 0 aromatic rings. The number of nitrogens with one attached hydrogen (secondary N) is 1. The summed E-state index contributed by atoms with van der Waals surface area (Å²) in [4.78, 5) is 25.5. The number of unbranched alkanes of at least 4 members (excludes halogenated alkanes) is 1. The molecule has 20 heavy (non-hydrogen) atoms. The molecule has 0 aromatic carbocycles. The van der Waals surface area contributed by atoms with Gasteiger partial charge in [0.1, 0.15) is 6.04 Å². The monoisotopic (exact) mass is 282 g/mol. The number of hydrogen-bond donors (Lipinski definition) is 3. The Labute approximate surface area is 120 Å². The third-order valence-corrected chi connectivity index (χ3v) is 4.68. The summed E-state index contributed by atoms with van der Waals surface area (Å²) >= 11 is 0. The molecule has 4 unspecified atom stereocenters. The van der Waals surface area contributed by atoms with Gasteiger partial charge in [-0.05, 0) is 31.1 Å². The van der Waals surface area contributed by atoms with Crippen LogP contribution in [0.5, 0.6) is 0 Å². The molecule has 0 radical (unpaired) electrons. The van der Waals surface area contributed by atoms with Crippen LogP contribution in [0.25, 0.3) is 0 Å². The lowest BCUT2D eigenvalue weighted by Crippen LogP contribution is -2.50. The minimum absolute atomic E-state index is 0.00106. The fourth-order valence-corrected chi connectivity index (χ4v) is 3.55. The van der Waals surface area contributed by atoms with Crippen molar-refractivity contribution in [3.05, 3.63) is 0 Å². The number of likely N-dealkylation sites (tertiary alicyclic amines) is 1. The van der Waals surface area contributed by atoms with Crippen LogP contribution in [0.15, 0.2) is 0 Å². The second kappa shape index (κ2) is 6.43. The number of fused-ring (bicyclic) bond motifs is 1. The Kier molecular flexibility index (Phi) is 4.86. The summed E-state index contributed by atoms with van der Waals surface area (Å²) in [5.74, 6) is 0.965. The van der Waals surface area contributed by atoms with Gasteiger partial charge in [0.25, 0.3) is 0 Å². The van der Waals surface area contributed by atoms with Gasteiger partial charge >= 0.3 is 6.03 Å². The molecule has 2 rings (SSSR count). The van der Waals surface area contributed by atoms with Crippen LogP contribution in [-0.4, -0.2) is 42.0 Å². The van der Waals surface area contributed by atoms with E-state index >= 15 is 0 Å². The van der Waals surface area contributed by atoms with Crippen molar-refractivity contribution in [2.45, 2.75) is 51.1 Å². The van der Waals surface area contributed by atoms with Gasteiger partial charge in [-0.15, -0.1) is 0 Å². The molecular weight excluding hydrogens is 256 g/mol. The second-order valence-corrected chi connectivity index (χ2v) is 6.11. The first-order chi connectivity index (χ1) is 9.52. The van der Waals surface area contributed by atoms with Gasteiger partial charge in [0.05, 0.1) is 0 Å². The molecule has 2 fully saturated rings. The quantitative estimate of drug-likeness (QED) is 0.680. The Morgan fingerprint density at radius 3 is 2.70 bits per heavy atom. The Morgan fingerprint density at radius 2 is 2.10 bits per heavy atom. The number of rotatable bonds is 5. The first-order valence-corrected chi connectivity index (χ1v) is 7.63. The van der Waals surface area contributed by atoms with E-state index in [0.29, 0.717) is 18.3 Å². The summed E-state index contributed by atoms with van der Waals surface area (Å²) in [7, 11) is 0. The number of amides is 3. The number of primary amides is 1. The predicted octanol–water partition coefficient (Wildman–Crippen LogP) is 0.409. The van der Waals surface area contributed by atoms with Crippen molar-refractivity contribution in [1.82, 2.24) is 10.2 Å². The third-order valence-electron chi connectivity index (χ3n) is 4.68. The first-order valence-electron chi connectivity index (χ1n) is 7.63. The Balaban J connectivity index is 1.95. The maximum Gasteiger partial charge on any atom is 0.312 e. The molecule has 3 amide bonds. The molecule has 1 aliphatic carbocycles. The van der Waals surface area contributed by atoms with Crippen molar-refractivity contribution in [3.63, 3.8) is 0 Å². The molecule has 2 aliphatic rings. The molecule has 5 N–H and O–H groups in total. The van der Waals surface area contributed by atoms with Crippen LogP contribution in [0, 0.1) is 11.8 Å². The maximum absolute atomic E-state index is 12.5. The van der Waals surface area contributed by atoms with E-state index in [1.165, 1.54) is 0 Å². The number of hydrogen-bond acceptors (Lipinski definition) is 3. The van der Waals surface area contributed by atoms with Crippen molar-refractivity contribution in [2.24, 2.45) is 23.3 Å². The normalized spacial score (nSPS) is 30.1. The molecule has 0 spiro atoms. The van der Waals surface area contributed by atoms with E-state index in [1.54, 1.807) is 0 Å². The number of urea groups is 1. The largest absolute Gasteiger partial charge is 0.352 e. The number of nitrogens with two attached hydrogens (primary N) is 2. The van der Waals surface area contributed by atoms with Crippen LogP contribution >= 0.6 is 0 Å². The highest BCUT2D eigenvalue weighted by atomic mass is 16.2. The standard InChI is InChI=1S/C14H26N4O2/c1-2-3-4-12(17-14(16)20)13(19)18-7-9-5-6-11(15)10(9)8-18/h9-12H,2-8,15H2,1H3,(H3,16,17,20). The molecular formula is C14H26N4O2. The van der Waals surface area contributed by atoms with Crippen LogP contribution in [0.4, 0.5) is 4.79 Å². The molecule has 6 heteroatoms. The maximum atomic E-state index is 12.5. The zero-order chi connectivity index (χ0) is 14.7. The molecule has 0 bridgehead atoms. The minimum Gasteiger partial charge on any atom is -0.352 e. The molecule has 1 aliphatic heterocycles. The lowest BCUT2D eigenvalue weighted by molar-refractivity contribution is -0.132. The first kappa shape index (κ1) is 15.1. The predicted molar refractivity (Wildman–Crippen MR) is 76.8 cm³/mol. The molecule has 1 saturated heterocycles. The van der Waals surface area contributed by atoms with Gasteiger partial charge in [-0.2, -0.15) is 0 Å². The lowest BCUT2D eigenvalue weighted by atomic mass is 9.98. The van der Waals surface area contributed by atoms with Gasteiger partial charge in [-0.25, -0.2) is 4.79 Å². The van der Waals surface area contributed by atoms with Crippen molar-refractivity contribution in [2.75, 3.05) is 13.1 Å². The van der Waals surface area contributed by atoms with E-state index in [1.807, 2.05) is 4.90 Å². The zero-order valence-corrected chi connectivity index (χ0v) is 12.2. The van der Waals surface area contributed by atoms with E-state index in [4.69, 9.17) is 11.5 Å². The van der Waals surface area contributed by atoms with Crippen LogP contribution in [-0.2, 0) is 4.79 Å². The summed E-state index contributed by atoms with van der Waals surface area (Å²) in [5.41, 5.74) is 11.3. The SMILES string of the molecule is CCCCC(NC(N)=O)C(=O)N1CC2CCC(N)C2C1. The number of carbonyl (C=O) groups is 2. The number of nitrogens with zero attached hydrogens (tertiary/aromatic N) is 1. The van der Waals surface area contributed by atoms with Crippen molar-refractivity contribution < 1.29 is 9.59 Å². The van der Waals surface area contributed by atoms with Gasteiger partial charge in [-0.3, -0.25) is 4.79 Å². The summed E-state index contributed by atoms with van der Waals surface area (Å²) in [5, 5.41) is 2.58. The smallest absolute Gasteiger partial charge is 0.312 e. The molecule has 114 valence electrons. The lowest BCUT2D eigenvalue weighted by Gasteiger charge is -2.25. The van der Waals surface area contributed by atoms with Crippen LogP contribution in [0.1, 0.15) is 39.0 Å². The van der Waals surface area contributed by atoms with Crippen LogP contribution in [0.3, 0.4) is 0 Å². The highest BCUT2D eigenvalue weighted by Gasteiger charge is 2.43. The summed E-state index contributed by atoms with van der Waals surface area (Å²) in [6.07, 6.45) is 4.71. The van der Waals surface area contributed by atoms with Gasteiger partial charge in [-0.1, -0.05) is 19.8 Å². The van der Waals surface area contributed by atoms with Gasteiger partial charge in [0, 0.05) is 19.1 Å². The fraction of sp³-hybridized carbons (Fsp3) is 0.857. The fourth-order valence-electron chi connectivity index (χ4n) is 3.55. The third kappa shape index (κ3) is 3.23. The van der Waals surface area contributed by atoms with Gasteiger partial charge in [0.15, 0.2) is 0 Å². The number of carbonyl (C=O) groups excluding carboxylic acids is 2. The Hall–Kier alpha value is -1.30. The average Bonchev–Trinajstić information content (AvgIpc) is 2.96. The average molecular weight is 282 g/mol. The zero-order valence-electron chi connectivity index (χ0n) is 12.2. The van der Waals surface area contributed by atoms with E-state index < -0.39 is 12.1 Å². The molecule has 1 saturated carbocycles. The molecule has 4 atom stereocenters. The minimum atomic E-state index is -0.629. The molecule has 6 nitrogen and oxygen atoms in total. The van der Waals surface area contributed by atoms with E-state index in [2.05, 4.69) is 12.2 Å². The van der Waals surface area contributed by atoms with Crippen LogP contribution < -0.4 is 16.8 Å². The van der Waals surface area contributed by atoms with Crippen LogP contribution in [0.2, 0.25) is 0 Å².